The number of aromatic nitrogens is 4. The minimum absolute atomic E-state index is 0.202. The van der Waals surface area contributed by atoms with Gasteiger partial charge >= 0.3 is 5.69 Å². The first-order valence-electron chi connectivity index (χ1n) is 9.92. The van der Waals surface area contributed by atoms with E-state index < -0.39 is 11.2 Å². The Morgan fingerprint density at radius 3 is 2.52 bits per heavy atom. The van der Waals surface area contributed by atoms with Crippen LogP contribution in [-0.2, 0) is 13.0 Å². The number of benzene rings is 2. The van der Waals surface area contributed by atoms with Gasteiger partial charge in [0.05, 0.1) is 11.0 Å². The van der Waals surface area contributed by atoms with Crippen LogP contribution >= 0.6 is 0 Å². The molecular weight excluding hydrogens is 364 g/mol. The molecule has 0 unspecified atom stereocenters. The summed E-state index contributed by atoms with van der Waals surface area (Å²) < 4.78 is 1.95. The van der Waals surface area contributed by atoms with Crippen molar-refractivity contribution in [1.29, 1.82) is 0 Å². The minimum atomic E-state index is -0.644. The highest BCUT2D eigenvalue weighted by Gasteiger charge is 2.19. The van der Waals surface area contributed by atoms with Gasteiger partial charge in [-0.2, -0.15) is 4.98 Å². The van der Waals surface area contributed by atoms with Gasteiger partial charge in [-0.05, 0) is 48.9 Å². The number of nitrogens with zero attached hydrogens (tertiary/aromatic N) is 3. The van der Waals surface area contributed by atoms with Gasteiger partial charge in [-0.15, -0.1) is 0 Å². The summed E-state index contributed by atoms with van der Waals surface area (Å²) >= 11 is 0. The molecule has 0 bridgehead atoms. The molecule has 2 aromatic rings. The van der Waals surface area contributed by atoms with Crippen LogP contribution in [0.5, 0.6) is 0 Å². The third-order valence-electron chi connectivity index (χ3n) is 5.27. The SMILES string of the molecule is Cc1ccc(CCCn2c3nc(=O)[nH]c(=O)c-3nc3cc(C(C)C)ccc32)cc1. The van der Waals surface area contributed by atoms with Crippen LogP contribution in [0.3, 0.4) is 0 Å². The van der Waals surface area contributed by atoms with Gasteiger partial charge in [-0.25, -0.2) is 9.78 Å². The fraction of sp³-hybridized carbons (Fsp3) is 0.304. The minimum Gasteiger partial charge on any atom is -0.322 e. The normalized spacial score (nSPS) is 11.6. The van der Waals surface area contributed by atoms with Crippen molar-refractivity contribution in [1.82, 2.24) is 19.5 Å². The van der Waals surface area contributed by atoms with Gasteiger partial charge in [-0.1, -0.05) is 49.7 Å². The summed E-state index contributed by atoms with van der Waals surface area (Å²) in [5.74, 6) is 0.694. The van der Waals surface area contributed by atoms with E-state index in [4.69, 9.17) is 0 Å². The van der Waals surface area contributed by atoms with Gasteiger partial charge in [0.1, 0.15) is 0 Å². The number of hydrogen-bond donors (Lipinski definition) is 1. The Kier molecular flexibility index (Phi) is 5.01. The molecule has 0 fully saturated rings. The van der Waals surface area contributed by atoms with E-state index in [9.17, 15) is 9.59 Å². The Labute approximate surface area is 168 Å². The molecule has 2 heterocycles. The Hall–Kier alpha value is -3.28. The van der Waals surface area contributed by atoms with Crippen LogP contribution in [0.1, 0.15) is 42.9 Å². The highest BCUT2D eigenvalue weighted by Crippen LogP contribution is 2.25. The van der Waals surface area contributed by atoms with Crippen LogP contribution in [0.15, 0.2) is 52.1 Å². The third-order valence-corrected chi connectivity index (χ3v) is 5.27. The molecule has 6 nitrogen and oxygen atoms in total. The zero-order valence-corrected chi connectivity index (χ0v) is 16.9. The Morgan fingerprint density at radius 2 is 1.79 bits per heavy atom. The summed E-state index contributed by atoms with van der Waals surface area (Å²) in [5.41, 5.74) is 4.33. The lowest BCUT2D eigenvalue weighted by Crippen LogP contribution is -2.29. The molecule has 0 amide bonds. The first-order chi connectivity index (χ1) is 13.9. The largest absolute Gasteiger partial charge is 0.349 e. The lowest BCUT2D eigenvalue weighted by atomic mass is 10.0. The predicted octanol–water partition coefficient (Wildman–Crippen LogP) is 3.65. The van der Waals surface area contributed by atoms with Gasteiger partial charge in [-0.3, -0.25) is 9.78 Å². The van der Waals surface area contributed by atoms with Gasteiger partial charge in [0.25, 0.3) is 5.56 Å². The van der Waals surface area contributed by atoms with Gasteiger partial charge < -0.3 is 4.57 Å². The highest BCUT2D eigenvalue weighted by molar-refractivity contribution is 5.80. The van der Waals surface area contributed by atoms with Gasteiger partial charge in [0.15, 0.2) is 11.5 Å². The Balaban J connectivity index is 1.79. The van der Waals surface area contributed by atoms with E-state index in [1.165, 1.54) is 11.1 Å². The fourth-order valence-electron chi connectivity index (χ4n) is 3.60. The van der Waals surface area contributed by atoms with E-state index >= 15 is 0 Å². The van der Waals surface area contributed by atoms with E-state index in [0.29, 0.717) is 18.3 Å². The molecule has 2 aliphatic rings. The number of rotatable bonds is 5. The lowest BCUT2D eigenvalue weighted by Gasteiger charge is -2.17. The standard InChI is InChI=1S/C23H24N4O2/c1-14(2)17-10-11-19-18(13-17)24-20-21(25-23(29)26-22(20)28)27(19)12-4-5-16-8-6-15(3)7-9-16/h6-11,13-14H,4-5,12H2,1-3H3,(H,26,28,29). The average Bonchev–Trinajstić information content (AvgIpc) is 2.69. The van der Waals surface area contributed by atoms with Crippen molar-refractivity contribution in [2.75, 3.05) is 0 Å². The van der Waals surface area contributed by atoms with Crippen LogP contribution in [0.25, 0.3) is 22.6 Å². The molecule has 0 saturated carbocycles. The summed E-state index contributed by atoms with van der Waals surface area (Å²) in [7, 11) is 0. The first-order valence-corrected chi connectivity index (χ1v) is 9.92. The Bertz CT molecular complexity index is 1250. The lowest BCUT2D eigenvalue weighted by molar-refractivity contribution is 0.648. The summed E-state index contributed by atoms with van der Waals surface area (Å²) in [6, 6.07) is 14.6. The summed E-state index contributed by atoms with van der Waals surface area (Å²) in [6.45, 7) is 6.95. The number of hydrogen-bond acceptors (Lipinski definition) is 4. The van der Waals surface area contributed by atoms with Crippen molar-refractivity contribution in [3.05, 3.63) is 80.0 Å². The maximum atomic E-state index is 12.4. The Morgan fingerprint density at radius 1 is 1.03 bits per heavy atom. The maximum absolute atomic E-state index is 12.4. The van der Waals surface area contributed by atoms with Crippen molar-refractivity contribution < 1.29 is 0 Å². The second kappa shape index (κ2) is 7.62. The van der Waals surface area contributed by atoms with Crippen molar-refractivity contribution in [3.63, 3.8) is 0 Å². The molecule has 1 N–H and O–H groups in total. The molecule has 6 heteroatoms. The smallest absolute Gasteiger partial charge is 0.322 e. The average molecular weight is 388 g/mol. The van der Waals surface area contributed by atoms with Crippen molar-refractivity contribution >= 4 is 11.0 Å². The predicted molar refractivity (Wildman–Crippen MR) is 115 cm³/mol. The molecule has 4 rings (SSSR count). The molecule has 148 valence electrons. The van der Waals surface area contributed by atoms with Gasteiger partial charge in [0, 0.05) is 6.54 Å². The van der Waals surface area contributed by atoms with E-state index in [1.807, 2.05) is 16.7 Å². The van der Waals surface area contributed by atoms with Crippen LogP contribution in [-0.4, -0.2) is 19.5 Å². The molecule has 0 aliphatic carbocycles. The topological polar surface area (TPSA) is 80.6 Å². The van der Waals surface area contributed by atoms with E-state index in [2.05, 4.69) is 66.1 Å². The quantitative estimate of drug-likeness (QED) is 0.529. The van der Waals surface area contributed by atoms with Crippen LogP contribution in [0, 0.1) is 6.92 Å². The van der Waals surface area contributed by atoms with Crippen LogP contribution in [0.2, 0.25) is 0 Å². The zero-order chi connectivity index (χ0) is 20.5. The molecule has 2 aliphatic heterocycles. The van der Waals surface area contributed by atoms with Gasteiger partial charge in [0.2, 0.25) is 0 Å². The molecule has 2 aromatic carbocycles. The summed E-state index contributed by atoms with van der Waals surface area (Å²) in [4.78, 5) is 35.1. The molecule has 0 spiro atoms. The first kappa shape index (κ1) is 19.1. The number of fused-ring (bicyclic) bond motifs is 2. The number of nitrogens with one attached hydrogen (secondary N) is 1. The van der Waals surface area contributed by atoms with Crippen molar-refractivity contribution in [2.45, 2.75) is 46.1 Å². The highest BCUT2D eigenvalue weighted by atomic mass is 16.2. The number of H-pyrrole nitrogens is 1. The molecule has 0 atom stereocenters. The molecule has 0 aromatic heterocycles. The van der Waals surface area contributed by atoms with E-state index in [1.54, 1.807) is 0 Å². The van der Waals surface area contributed by atoms with E-state index in [-0.39, 0.29) is 5.69 Å². The molecule has 0 radical (unpaired) electrons. The third kappa shape index (κ3) is 3.83. The molecular formula is C23H24N4O2. The second-order valence-electron chi connectivity index (χ2n) is 7.80. The second-order valence-corrected chi connectivity index (χ2v) is 7.80. The van der Waals surface area contributed by atoms with Crippen molar-refractivity contribution in [3.8, 4) is 11.5 Å². The van der Waals surface area contributed by atoms with E-state index in [0.717, 1.165) is 29.4 Å². The fourth-order valence-corrected chi connectivity index (χ4v) is 3.60. The monoisotopic (exact) mass is 388 g/mol. The summed E-state index contributed by atoms with van der Waals surface area (Å²) in [5, 5.41) is 0. The van der Waals surface area contributed by atoms with Crippen LogP contribution in [0.4, 0.5) is 0 Å². The molecule has 0 saturated heterocycles. The van der Waals surface area contributed by atoms with Crippen LogP contribution < -0.4 is 11.2 Å². The number of aromatic amines is 1. The summed E-state index contributed by atoms with van der Waals surface area (Å²) in [6.07, 6.45) is 1.76. The van der Waals surface area contributed by atoms with Crippen molar-refractivity contribution in [2.24, 2.45) is 0 Å². The molecule has 29 heavy (non-hydrogen) atoms. The number of aryl methyl sites for hydroxylation is 3. The zero-order valence-electron chi connectivity index (χ0n) is 16.9. The maximum Gasteiger partial charge on any atom is 0.349 e.